The minimum Gasteiger partial charge on any atom is -0.486 e. The van der Waals surface area contributed by atoms with Gasteiger partial charge in [0.25, 0.3) is 5.91 Å². The molecule has 2 aromatic heterocycles. The third kappa shape index (κ3) is 5.64. The number of nitrogens with zero attached hydrogens (tertiary/aromatic N) is 2. The molecule has 0 atom stereocenters. The lowest BCUT2D eigenvalue weighted by Gasteiger charge is -2.09. The molecular formula is C24H19F4N3O3. The van der Waals surface area contributed by atoms with Crippen LogP contribution in [0.2, 0.25) is 0 Å². The van der Waals surface area contributed by atoms with E-state index in [1.54, 1.807) is 25.1 Å². The van der Waals surface area contributed by atoms with E-state index in [2.05, 4.69) is 10.4 Å². The number of halogens is 4. The predicted molar refractivity (Wildman–Crippen MR) is 115 cm³/mol. The fourth-order valence-electron chi connectivity index (χ4n) is 3.19. The number of ether oxygens (including phenoxy) is 1. The summed E-state index contributed by atoms with van der Waals surface area (Å²) in [5.74, 6) is 0.178. The van der Waals surface area contributed by atoms with Gasteiger partial charge in [-0.3, -0.25) is 9.48 Å². The summed E-state index contributed by atoms with van der Waals surface area (Å²) in [5.41, 5.74) is 0.344. The summed E-state index contributed by atoms with van der Waals surface area (Å²) in [4.78, 5) is 12.5. The van der Waals surface area contributed by atoms with E-state index < -0.39 is 17.6 Å². The molecule has 0 aliphatic carbocycles. The van der Waals surface area contributed by atoms with Crippen LogP contribution in [-0.4, -0.2) is 15.7 Å². The van der Waals surface area contributed by atoms with E-state index in [0.717, 1.165) is 12.1 Å². The third-order valence-electron chi connectivity index (χ3n) is 4.89. The highest BCUT2D eigenvalue weighted by Crippen LogP contribution is 2.29. The topological polar surface area (TPSA) is 69.3 Å². The average Bonchev–Trinajstić information content (AvgIpc) is 3.40. The van der Waals surface area contributed by atoms with Crippen molar-refractivity contribution < 1.29 is 31.5 Å². The maximum atomic E-state index is 12.9. The van der Waals surface area contributed by atoms with Gasteiger partial charge < -0.3 is 14.5 Å². The smallest absolute Gasteiger partial charge is 0.416 e. The minimum atomic E-state index is -4.43. The zero-order chi connectivity index (χ0) is 24.3. The molecule has 0 saturated carbocycles. The van der Waals surface area contributed by atoms with Gasteiger partial charge in [-0.1, -0.05) is 12.1 Å². The molecule has 2 heterocycles. The van der Waals surface area contributed by atoms with E-state index in [-0.39, 0.29) is 30.5 Å². The fourth-order valence-corrected chi connectivity index (χ4v) is 3.19. The van der Waals surface area contributed by atoms with Crippen LogP contribution in [0.3, 0.4) is 0 Å². The standard InChI is InChI=1S/C24H19F4N3O3/c1-15-11-22(30-31(15)13-16-3-2-4-17(12-16)24(26,27)28)29-23(32)21-10-9-20(34-21)14-33-19-7-5-18(25)6-8-19/h2-12H,13-14H2,1H3,(H,29,30,32). The quantitative estimate of drug-likeness (QED) is 0.344. The number of hydrogen-bond donors (Lipinski definition) is 1. The molecule has 0 aliphatic heterocycles. The number of rotatable bonds is 7. The van der Waals surface area contributed by atoms with Gasteiger partial charge in [0, 0.05) is 11.8 Å². The van der Waals surface area contributed by atoms with Crippen molar-refractivity contribution in [1.82, 2.24) is 9.78 Å². The zero-order valence-electron chi connectivity index (χ0n) is 17.9. The molecule has 2 aromatic carbocycles. The van der Waals surface area contributed by atoms with E-state index in [0.29, 0.717) is 22.8 Å². The van der Waals surface area contributed by atoms with Crippen molar-refractivity contribution in [2.24, 2.45) is 0 Å². The SMILES string of the molecule is Cc1cc(NC(=O)c2ccc(COc3ccc(F)cc3)o2)nn1Cc1cccc(C(F)(F)F)c1. The van der Waals surface area contributed by atoms with E-state index >= 15 is 0 Å². The molecule has 4 aromatic rings. The van der Waals surface area contributed by atoms with E-state index in [1.807, 2.05) is 0 Å². The summed E-state index contributed by atoms with van der Waals surface area (Å²) in [6.45, 7) is 1.88. The molecule has 0 bridgehead atoms. The van der Waals surface area contributed by atoms with Crippen molar-refractivity contribution in [2.45, 2.75) is 26.3 Å². The number of carbonyl (C=O) groups is 1. The number of amides is 1. The molecule has 4 rings (SSSR count). The average molecular weight is 473 g/mol. The first-order chi connectivity index (χ1) is 16.2. The molecular weight excluding hydrogens is 454 g/mol. The van der Waals surface area contributed by atoms with Gasteiger partial charge in [-0.05, 0) is 61.0 Å². The van der Waals surface area contributed by atoms with Crippen LogP contribution in [0.5, 0.6) is 5.75 Å². The lowest BCUT2D eigenvalue weighted by Crippen LogP contribution is -2.12. The molecule has 1 N–H and O–H groups in total. The van der Waals surface area contributed by atoms with Gasteiger partial charge in [0.2, 0.25) is 0 Å². The number of aromatic nitrogens is 2. The van der Waals surface area contributed by atoms with Crippen molar-refractivity contribution in [3.63, 3.8) is 0 Å². The molecule has 34 heavy (non-hydrogen) atoms. The minimum absolute atomic E-state index is 0.0304. The molecule has 176 valence electrons. The van der Waals surface area contributed by atoms with E-state index in [1.165, 1.54) is 41.1 Å². The molecule has 0 radical (unpaired) electrons. The van der Waals surface area contributed by atoms with Gasteiger partial charge in [0.05, 0.1) is 12.1 Å². The second-order valence-corrected chi connectivity index (χ2v) is 7.49. The summed E-state index contributed by atoms with van der Waals surface area (Å²) in [6.07, 6.45) is -4.43. The Morgan fingerprint density at radius 2 is 1.85 bits per heavy atom. The van der Waals surface area contributed by atoms with E-state index in [4.69, 9.17) is 9.15 Å². The van der Waals surface area contributed by atoms with Crippen LogP contribution in [0.4, 0.5) is 23.4 Å². The number of anilines is 1. The second-order valence-electron chi connectivity index (χ2n) is 7.49. The Hall–Kier alpha value is -4.08. The number of alkyl halides is 3. The Labute approximate surface area is 191 Å². The number of benzene rings is 2. The van der Waals surface area contributed by atoms with Crippen LogP contribution in [0, 0.1) is 12.7 Å². The summed E-state index contributed by atoms with van der Waals surface area (Å²) < 4.78 is 64.3. The molecule has 0 unspecified atom stereocenters. The predicted octanol–water partition coefficient (Wildman–Crippen LogP) is 5.82. The summed E-state index contributed by atoms with van der Waals surface area (Å²) in [7, 11) is 0. The van der Waals surface area contributed by atoms with Crippen molar-refractivity contribution in [2.75, 3.05) is 5.32 Å². The lowest BCUT2D eigenvalue weighted by atomic mass is 10.1. The first-order valence-electron chi connectivity index (χ1n) is 10.2. The van der Waals surface area contributed by atoms with Crippen molar-refractivity contribution >= 4 is 11.7 Å². The molecule has 10 heteroatoms. The Bertz CT molecular complexity index is 1290. The van der Waals surface area contributed by atoms with Crippen LogP contribution in [0.1, 0.15) is 33.1 Å². The second kappa shape index (κ2) is 9.42. The lowest BCUT2D eigenvalue weighted by molar-refractivity contribution is -0.137. The number of carbonyl (C=O) groups excluding carboxylic acids is 1. The van der Waals surface area contributed by atoms with Gasteiger partial charge in [0.1, 0.15) is 23.9 Å². The molecule has 6 nitrogen and oxygen atoms in total. The number of nitrogens with one attached hydrogen (secondary N) is 1. The van der Waals surface area contributed by atoms with Gasteiger partial charge in [-0.2, -0.15) is 18.3 Å². The Morgan fingerprint density at radius 3 is 2.59 bits per heavy atom. The Balaban J connectivity index is 1.38. The normalized spacial score (nSPS) is 11.4. The Kier molecular flexibility index (Phi) is 6.40. The maximum absolute atomic E-state index is 12.9. The van der Waals surface area contributed by atoms with Gasteiger partial charge in [-0.25, -0.2) is 4.39 Å². The summed E-state index contributed by atoms with van der Waals surface area (Å²) in [5, 5.41) is 6.87. The van der Waals surface area contributed by atoms with Crippen molar-refractivity contribution in [3.8, 4) is 5.75 Å². The highest BCUT2D eigenvalue weighted by atomic mass is 19.4. The van der Waals surface area contributed by atoms with Crippen LogP contribution in [0.25, 0.3) is 0 Å². The third-order valence-corrected chi connectivity index (χ3v) is 4.89. The monoisotopic (exact) mass is 473 g/mol. The largest absolute Gasteiger partial charge is 0.486 e. The molecule has 0 aliphatic rings. The molecule has 0 saturated heterocycles. The van der Waals surface area contributed by atoms with Crippen molar-refractivity contribution in [3.05, 3.63) is 101 Å². The molecule has 0 spiro atoms. The molecule has 1 amide bonds. The number of hydrogen-bond acceptors (Lipinski definition) is 4. The van der Waals surface area contributed by atoms with E-state index in [9.17, 15) is 22.4 Å². The van der Waals surface area contributed by atoms with Crippen LogP contribution in [0.15, 0.2) is 71.1 Å². The first-order valence-corrected chi connectivity index (χ1v) is 10.2. The highest BCUT2D eigenvalue weighted by molar-refractivity contribution is 6.01. The number of aryl methyl sites for hydroxylation is 1. The van der Waals surface area contributed by atoms with Crippen LogP contribution < -0.4 is 10.1 Å². The first kappa shape index (κ1) is 23.1. The van der Waals surface area contributed by atoms with Gasteiger partial charge in [-0.15, -0.1) is 0 Å². The van der Waals surface area contributed by atoms with Gasteiger partial charge in [0.15, 0.2) is 11.6 Å². The summed E-state index contributed by atoms with van der Waals surface area (Å²) in [6, 6.07) is 15.1. The van der Waals surface area contributed by atoms with Crippen LogP contribution in [-0.2, 0) is 19.3 Å². The highest BCUT2D eigenvalue weighted by Gasteiger charge is 2.30. The maximum Gasteiger partial charge on any atom is 0.416 e. The molecule has 0 fully saturated rings. The van der Waals surface area contributed by atoms with Crippen LogP contribution >= 0.6 is 0 Å². The van der Waals surface area contributed by atoms with Gasteiger partial charge >= 0.3 is 6.18 Å². The Morgan fingerprint density at radius 1 is 1.09 bits per heavy atom. The zero-order valence-corrected chi connectivity index (χ0v) is 17.9. The number of furan rings is 1. The fraction of sp³-hybridized carbons (Fsp3) is 0.167. The summed E-state index contributed by atoms with van der Waals surface area (Å²) >= 11 is 0. The van der Waals surface area contributed by atoms with Crippen molar-refractivity contribution in [1.29, 1.82) is 0 Å².